The summed E-state index contributed by atoms with van der Waals surface area (Å²) in [5.74, 6) is -5.74. The highest BCUT2D eigenvalue weighted by Gasteiger charge is 2.31. The lowest BCUT2D eigenvalue weighted by atomic mass is 9.86. The topological polar surface area (TPSA) is 9.23 Å². The molecule has 2 aromatic rings. The van der Waals surface area contributed by atoms with Crippen LogP contribution in [0.2, 0.25) is 0 Å². The zero-order chi connectivity index (χ0) is 14.3. The van der Waals surface area contributed by atoms with Crippen LogP contribution in [0.15, 0.2) is 30.3 Å². The number of rotatable bonds is 1. The van der Waals surface area contributed by atoms with Crippen molar-refractivity contribution < 1.29 is 22.3 Å². The van der Waals surface area contributed by atoms with Crippen LogP contribution < -0.4 is 4.74 Å². The second-order valence-electron chi connectivity index (χ2n) is 4.61. The Bertz CT molecular complexity index is 643. The lowest BCUT2D eigenvalue weighted by Gasteiger charge is -2.26. The molecule has 1 aliphatic heterocycles. The molecule has 0 fully saturated rings. The third kappa shape index (κ3) is 1.94. The van der Waals surface area contributed by atoms with Crippen molar-refractivity contribution in [3.63, 3.8) is 0 Å². The fourth-order valence-electron chi connectivity index (χ4n) is 2.54. The van der Waals surface area contributed by atoms with E-state index in [0.29, 0.717) is 11.3 Å². The van der Waals surface area contributed by atoms with Crippen LogP contribution in [0.25, 0.3) is 0 Å². The lowest BCUT2D eigenvalue weighted by molar-refractivity contribution is 0.272. The second-order valence-corrected chi connectivity index (χ2v) is 4.61. The van der Waals surface area contributed by atoms with E-state index in [4.69, 9.17) is 4.74 Å². The van der Waals surface area contributed by atoms with E-state index in [1.165, 1.54) is 0 Å². The summed E-state index contributed by atoms with van der Waals surface area (Å²) in [6, 6.07) is 6.93. The van der Waals surface area contributed by atoms with Gasteiger partial charge < -0.3 is 4.74 Å². The van der Waals surface area contributed by atoms with E-state index >= 15 is 0 Å². The van der Waals surface area contributed by atoms with Crippen LogP contribution in [0.1, 0.15) is 23.5 Å². The van der Waals surface area contributed by atoms with E-state index in [1.807, 2.05) is 0 Å². The summed E-state index contributed by atoms with van der Waals surface area (Å²) < 4.78 is 59.9. The standard InChI is InChI=1S/C15H10F4O/c16-10-7-11(17)15(19)13(14(10)18)9-5-6-20-12-4-2-1-3-8(9)12/h1-4,7,9H,5-6H2. The molecule has 0 aliphatic carbocycles. The SMILES string of the molecule is Fc1cc(F)c(F)c(C2CCOc3ccccc32)c1F. The van der Waals surface area contributed by atoms with Crippen LogP contribution in [0.4, 0.5) is 17.6 Å². The number of hydrogen-bond donors (Lipinski definition) is 0. The first-order valence-electron chi connectivity index (χ1n) is 6.14. The molecule has 0 N–H and O–H groups in total. The minimum Gasteiger partial charge on any atom is -0.493 e. The smallest absolute Gasteiger partial charge is 0.165 e. The maximum atomic E-state index is 13.9. The summed E-state index contributed by atoms with van der Waals surface area (Å²) in [4.78, 5) is 0. The van der Waals surface area contributed by atoms with Crippen molar-refractivity contribution in [3.05, 3.63) is 64.7 Å². The van der Waals surface area contributed by atoms with Crippen LogP contribution in [0, 0.1) is 23.3 Å². The van der Waals surface area contributed by atoms with Crippen molar-refractivity contribution >= 4 is 0 Å². The molecule has 0 aromatic heterocycles. The second kappa shape index (κ2) is 4.81. The van der Waals surface area contributed by atoms with E-state index in [2.05, 4.69) is 0 Å². The molecule has 0 amide bonds. The van der Waals surface area contributed by atoms with Crippen molar-refractivity contribution in [1.82, 2.24) is 0 Å². The molecule has 0 saturated carbocycles. The van der Waals surface area contributed by atoms with Gasteiger partial charge in [-0.05, 0) is 12.5 Å². The molecule has 1 heterocycles. The minimum absolute atomic E-state index is 0.222. The fourth-order valence-corrected chi connectivity index (χ4v) is 2.54. The third-order valence-electron chi connectivity index (χ3n) is 3.45. The van der Waals surface area contributed by atoms with Crippen molar-refractivity contribution in [2.45, 2.75) is 12.3 Å². The van der Waals surface area contributed by atoms with E-state index in [0.717, 1.165) is 0 Å². The van der Waals surface area contributed by atoms with E-state index in [1.54, 1.807) is 24.3 Å². The van der Waals surface area contributed by atoms with Crippen LogP contribution in [0.5, 0.6) is 5.75 Å². The highest BCUT2D eigenvalue weighted by molar-refractivity contribution is 5.44. The van der Waals surface area contributed by atoms with Gasteiger partial charge in [-0.25, -0.2) is 17.6 Å². The average Bonchev–Trinajstić information content (AvgIpc) is 2.46. The molecule has 0 spiro atoms. The Hall–Kier alpha value is -2.04. The summed E-state index contributed by atoms with van der Waals surface area (Å²) in [6.45, 7) is 0.235. The molecule has 1 nitrogen and oxygen atoms in total. The maximum absolute atomic E-state index is 13.9. The molecule has 0 saturated heterocycles. The summed E-state index contributed by atoms with van der Waals surface area (Å²) in [5, 5.41) is 0. The quantitative estimate of drug-likeness (QED) is 0.564. The Morgan fingerprint density at radius 1 is 0.950 bits per heavy atom. The van der Waals surface area contributed by atoms with Crippen LogP contribution >= 0.6 is 0 Å². The van der Waals surface area contributed by atoms with Gasteiger partial charge >= 0.3 is 0 Å². The molecule has 2 aromatic carbocycles. The number of para-hydroxylation sites is 1. The normalized spacial score (nSPS) is 17.5. The number of benzene rings is 2. The fraction of sp³-hybridized carbons (Fsp3) is 0.200. The lowest BCUT2D eigenvalue weighted by Crippen LogP contribution is -2.18. The molecule has 5 heteroatoms. The maximum Gasteiger partial charge on any atom is 0.165 e. The summed E-state index contributed by atoms with van der Waals surface area (Å²) >= 11 is 0. The van der Waals surface area contributed by atoms with Gasteiger partial charge in [0.25, 0.3) is 0 Å². The van der Waals surface area contributed by atoms with Crippen LogP contribution in [0.3, 0.4) is 0 Å². The van der Waals surface area contributed by atoms with Crippen LogP contribution in [-0.2, 0) is 0 Å². The first-order valence-corrected chi connectivity index (χ1v) is 6.14. The predicted molar refractivity (Wildman–Crippen MR) is 64.7 cm³/mol. The van der Waals surface area contributed by atoms with Gasteiger partial charge in [0, 0.05) is 23.1 Å². The van der Waals surface area contributed by atoms with Gasteiger partial charge in [0.05, 0.1) is 6.61 Å². The molecule has 104 valence electrons. The van der Waals surface area contributed by atoms with Crippen molar-refractivity contribution in [2.24, 2.45) is 0 Å². The number of ether oxygens (including phenoxy) is 1. The monoisotopic (exact) mass is 282 g/mol. The first kappa shape index (κ1) is 13.0. The number of fused-ring (bicyclic) bond motifs is 1. The van der Waals surface area contributed by atoms with Gasteiger partial charge in [0.1, 0.15) is 5.75 Å². The van der Waals surface area contributed by atoms with Crippen LogP contribution in [-0.4, -0.2) is 6.61 Å². The molecule has 1 atom stereocenters. The Morgan fingerprint density at radius 3 is 2.30 bits per heavy atom. The van der Waals surface area contributed by atoms with E-state index < -0.39 is 34.8 Å². The number of halogens is 4. The molecule has 1 unspecified atom stereocenters. The van der Waals surface area contributed by atoms with Gasteiger partial charge in [0.2, 0.25) is 0 Å². The predicted octanol–water partition coefficient (Wildman–Crippen LogP) is 4.16. The van der Waals surface area contributed by atoms with Crippen molar-refractivity contribution in [3.8, 4) is 5.75 Å². The molecule has 0 radical (unpaired) electrons. The molecular formula is C15H10F4O. The van der Waals surface area contributed by atoms with Gasteiger partial charge in [-0.1, -0.05) is 18.2 Å². The largest absolute Gasteiger partial charge is 0.493 e. The summed E-state index contributed by atoms with van der Waals surface area (Å²) in [6.07, 6.45) is 0.258. The van der Waals surface area contributed by atoms with Gasteiger partial charge in [0.15, 0.2) is 23.3 Å². The average molecular weight is 282 g/mol. The molecular weight excluding hydrogens is 272 g/mol. The minimum atomic E-state index is -1.39. The van der Waals surface area contributed by atoms with E-state index in [-0.39, 0.29) is 19.1 Å². The van der Waals surface area contributed by atoms with E-state index in [9.17, 15) is 17.6 Å². The highest BCUT2D eigenvalue weighted by Crippen LogP contribution is 2.40. The Balaban J connectivity index is 2.21. The molecule has 0 bridgehead atoms. The zero-order valence-corrected chi connectivity index (χ0v) is 10.3. The highest BCUT2D eigenvalue weighted by atomic mass is 19.2. The third-order valence-corrected chi connectivity index (χ3v) is 3.45. The Morgan fingerprint density at radius 2 is 1.60 bits per heavy atom. The Labute approximate surface area is 112 Å². The summed E-state index contributed by atoms with van der Waals surface area (Å²) in [7, 11) is 0. The molecule has 3 rings (SSSR count). The zero-order valence-electron chi connectivity index (χ0n) is 10.3. The molecule has 1 aliphatic rings. The van der Waals surface area contributed by atoms with Gasteiger partial charge in [-0.2, -0.15) is 0 Å². The molecule has 20 heavy (non-hydrogen) atoms. The van der Waals surface area contributed by atoms with Gasteiger partial charge in [-0.3, -0.25) is 0 Å². The van der Waals surface area contributed by atoms with Crippen molar-refractivity contribution in [1.29, 1.82) is 0 Å². The number of hydrogen-bond acceptors (Lipinski definition) is 1. The van der Waals surface area contributed by atoms with Gasteiger partial charge in [-0.15, -0.1) is 0 Å². The van der Waals surface area contributed by atoms with Crippen molar-refractivity contribution in [2.75, 3.05) is 6.61 Å². The first-order chi connectivity index (χ1) is 9.59. The Kier molecular flexibility index (Phi) is 3.12. The summed E-state index contributed by atoms with van der Waals surface area (Å²) in [5.41, 5.74) is -0.0419.